The second kappa shape index (κ2) is 11.1. The van der Waals surface area contributed by atoms with Gasteiger partial charge in [-0.2, -0.15) is 0 Å². The molecule has 1 aliphatic rings. The first-order valence-corrected chi connectivity index (χ1v) is 11.3. The maximum absolute atomic E-state index is 14.8. The summed E-state index contributed by atoms with van der Waals surface area (Å²) in [5.74, 6) is 1.45. The van der Waals surface area contributed by atoms with Crippen LogP contribution < -0.4 is 15.8 Å². The standard InChI is InChI=1S/C24H27BFN7O2/c1-2-25(34)33-11-5-7-17(13-33)32-24-21(23(28)30-15-31-24)22(27)16-8-9-20(19(26)12-16)35-14-18-6-3-4-10-29-18/h2-4,6,8-10,12,15,17,27,34H,1,5,7,11,13-14H2,(H3,28,30,31,32). The van der Waals surface area contributed by atoms with Crippen LogP contribution in [0, 0.1) is 11.2 Å². The molecular formula is C24H27BFN7O2. The van der Waals surface area contributed by atoms with Gasteiger partial charge in [0.05, 0.1) is 17.0 Å². The molecule has 0 radical (unpaired) electrons. The molecule has 1 fully saturated rings. The molecule has 1 aliphatic heterocycles. The highest BCUT2D eigenvalue weighted by Crippen LogP contribution is 2.26. The Morgan fingerprint density at radius 1 is 1.34 bits per heavy atom. The molecule has 0 aliphatic carbocycles. The van der Waals surface area contributed by atoms with Gasteiger partial charge in [-0.15, -0.1) is 6.58 Å². The smallest absolute Gasteiger partial charge is 0.407 e. The highest BCUT2D eigenvalue weighted by atomic mass is 19.1. The van der Waals surface area contributed by atoms with Gasteiger partial charge in [0.1, 0.15) is 24.6 Å². The topological polar surface area (TPSA) is 133 Å². The molecule has 2 aromatic heterocycles. The van der Waals surface area contributed by atoms with Crippen LogP contribution in [0.5, 0.6) is 5.75 Å². The normalized spacial score (nSPS) is 15.9. The van der Waals surface area contributed by atoms with Crippen molar-refractivity contribution in [1.82, 2.24) is 19.8 Å². The van der Waals surface area contributed by atoms with Gasteiger partial charge in [-0.25, -0.2) is 14.4 Å². The molecule has 180 valence electrons. The van der Waals surface area contributed by atoms with Crippen LogP contribution in [0.15, 0.2) is 61.5 Å². The van der Waals surface area contributed by atoms with Crippen LogP contribution in [-0.2, 0) is 6.61 Å². The van der Waals surface area contributed by atoms with Crippen molar-refractivity contribution in [3.8, 4) is 5.75 Å². The Hall–Kier alpha value is -3.83. The van der Waals surface area contributed by atoms with E-state index in [0.29, 0.717) is 23.6 Å². The second-order valence-corrected chi connectivity index (χ2v) is 8.24. The van der Waals surface area contributed by atoms with E-state index in [1.165, 1.54) is 24.4 Å². The van der Waals surface area contributed by atoms with E-state index in [-0.39, 0.29) is 35.5 Å². The van der Waals surface area contributed by atoms with Crippen LogP contribution in [0.2, 0.25) is 0 Å². The highest BCUT2D eigenvalue weighted by molar-refractivity contribution is 6.53. The number of nitrogens with one attached hydrogen (secondary N) is 2. The third kappa shape index (κ3) is 5.82. The van der Waals surface area contributed by atoms with Gasteiger partial charge in [-0.1, -0.05) is 12.0 Å². The number of pyridine rings is 1. The van der Waals surface area contributed by atoms with Gasteiger partial charge in [0, 0.05) is 24.3 Å². The van der Waals surface area contributed by atoms with Gasteiger partial charge in [0.25, 0.3) is 0 Å². The lowest BCUT2D eigenvalue weighted by Gasteiger charge is -2.34. The average Bonchev–Trinajstić information content (AvgIpc) is 2.88. The summed E-state index contributed by atoms with van der Waals surface area (Å²) in [5, 5.41) is 22.2. The van der Waals surface area contributed by atoms with Crippen molar-refractivity contribution >= 4 is 24.4 Å². The van der Waals surface area contributed by atoms with E-state index in [0.717, 1.165) is 19.4 Å². The van der Waals surface area contributed by atoms with E-state index >= 15 is 0 Å². The summed E-state index contributed by atoms with van der Waals surface area (Å²) in [7, 11) is -0.728. The first-order chi connectivity index (χ1) is 17.0. The van der Waals surface area contributed by atoms with Crippen LogP contribution in [-0.4, -0.2) is 56.7 Å². The number of piperidine rings is 1. The molecule has 3 heterocycles. The van der Waals surface area contributed by atoms with Crippen LogP contribution in [0.25, 0.3) is 0 Å². The Morgan fingerprint density at radius 2 is 2.20 bits per heavy atom. The van der Waals surface area contributed by atoms with E-state index in [2.05, 4.69) is 26.8 Å². The minimum absolute atomic E-state index is 0.0143. The Balaban J connectivity index is 1.51. The Morgan fingerprint density at radius 3 is 2.94 bits per heavy atom. The lowest BCUT2D eigenvalue weighted by Crippen LogP contribution is -2.49. The summed E-state index contributed by atoms with van der Waals surface area (Å²) in [6.07, 6.45) is 4.70. The fraction of sp³-hybridized carbons (Fsp3) is 0.250. The van der Waals surface area contributed by atoms with E-state index in [1.54, 1.807) is 24.4 Å². The molecule has 1 saturated heterocycles. The molecule has 0 spiro atoms. The number of hydrogen-bond donors (Lipinski definition) is 4. The molecule has 3 aromatic rings. The minimum atomic E-state index is -0.728. The summed E-state index contributed by atoms with van der Waals surface area (Å²) in [6, 6.07) is 9.69. The molecule has 5 N–H and O–H groups in total. The van der Waals surface area contributed by atoms with E-state index in [9.17, 15) is 9.41 Å². The SMILES string of the molecule is C=CB(O)N1CCCC(Nc2ncnc(N)c2C(=N)c2ccc(OCc3ccccn3)c(F)c2)C1. The van der Waals surface area contributed by atoms with Gasteiger partial charge in [-0.05, 0) is 49.7 Å². The summed E-state index contributed by atoms with van der Waals surface area (Å²) in [6.45, 7) is 5.10. The zero-order chi connectivity index (χ0) is 24.8. The highest BCUT2D eigenvalue weighted by Gasteiger charge is 2.27. The maximum Gasteiger partial charge on any atom is 0.407 e. The Kier molecular flexibility index (Phi) is 7.68. The van der Waals surface area contributed by atoms with Crippen LogP contribution in [0.4, 0.5) is 16.0 Å². The quantitative estimate of drug-likeness (QED) is 0.274. The fourth-order valence-corrected chi connectivity index (χ4v) is 4.01. The van der Waals surface area contributed by atoms with E-state index in [4.69, 9.17) is 15.9 Å². The van der Waals surface area contributed by atoms with Crippen molar-refractivity contribution in [2.75, 3.05) is 24.1 Å². The molecule has 0 amide bonds. The van der Waals surface area contributed by atoms with Gasteiger partial charge >= 0.3 is 7.05 Å². The maximum atomic E-state index is 14.8. The van der Waals surface area contributed by atoms with Gasteiger partial charge in [0.2, 0.25) is 0 Å². The molecule has 1 atom stereocenters. The minimum Gasteiger partial charge on any atom is -0.484 e. The van der Waals surface area contributed by atoms with Crippen molar-refractivity contribution in [3.05, 3.63) is 84.1 Å². The summed E-state index contributed by atoms with van der Waals surface area (Å²) in [4.78, 5) is 14.4. The van der Waals surface area contributed by atoms with Crippen molar-refractivity contribution in [2.45, 2.75) is 25.5 Å². The van der Waals surface area contributed by atoms with Crippen molar-refractivity contribution in [1.29, 1.82) is 5.41 Å². The second-order valence-electron chi connectivity index (χ2n) is 8.24. The van der Waals surface area contributed by atoms with Crippen LogP contribution >= 0.6 is 0 Å². The summed E-state index contributed by atoms with van der Waals surface area (Å²) < 4.78 is 20.3. The summed E-state index contributed by atoms with van der Waals surface area (Å²) >= 11 is 0. The fourth-order valence-electron chi connectivity index (χ4n) is 4.01. The first kappa shape index (κ1) is 24.3. The number of anilines is 2. The number of aromatic nitrogens is 3. The monoisotopic (exact) mass is 475 g/mol. The zero-order valence-corrected chi connectivity index (χ0v) is 19.2. The number of nitrogen functional groups attached to an aromatic ring is 1. The number of halogens is 1. The number of nitrogens with zero attached hydrogens (tertiary/aromatic N) is 4. The number of ether oxygens (including phenoxy) is 1. The third-order valence-corrected chi connectivity index (χ3v) is 5.83. The van der Waals surface area contributed by atoms with Crippen molar-refractivity contribution in [2.24, 2.45) is 0 Å². The molecule has 9 nitrogen and oxygen atoms in total. The van der Waals surface area contributed by atoms with E-state index in [1.807, 2.05) is 10.9 Å². The number of rotatable bonds is 9. The van der Waals surface area contributed by atoms with Crippen LogP contribution in [0.3, 0.4) is 0 Å². The molecule has 11 heteroatoms. The molecule has 1 unspecified atom stereocenters. The molecule has 35 heavy (non-hydrogen) atoms. The Labute approximate surface area is 203 Å². The lowest BCUT2D eigenvalue weighted by molar-refractivity contribution is 0.286. The lowest BCUT2D eigenvalue weighted by atomic mass is 9.79. The number of hydrogen-bond acceptors (Lipinski definition) is 9. The molecule has 0 bridgehead atoms. The first-order valence-electron chi connectivity index (χ1n) is 11.3. The molecule has 0 saturated carbocycles. The molecule has 1 aromatic carbocycles. The molecular weight excluding hydrogens is 448 g/mol. The van der Waals surface area contributed by atoms with Crippen LogP contribution in [0.1, 0.15) is 29.7 Å². The average molecular weight is 475 g/mol. The van der Waals surface area contributed by atoms with Gasteiger partial charge < -0.3 is 25.6 Å². The van der Waals surface area contributed by atoms with Gasteiger partial charge in [-0.3, -0.25) is 10.4 Å². The van der Waals surface area contributed by atoms with Crippen molar-refractivity contribution in [3.63, 3.8) is 0 Å². The van der Waals surface area contributed by atoms with Gasteiger partial charge in [0.15, 0.2) is 11.6 Å². The predicted molar refractivity (Wildman–Crippen MR) is 134 cm³/mol. The Bertz CT molecular complexity index is 1200. The predicted octanol–water partition coefficient (Wildman–Crippen LogP) is 2.67. The number of nitrogens with two attached hydrogens (primary N) is 1. The molecule has 4 rings (SSSR count). The number of benzene rings is 1. The third-order valence-electron chi connectivity index (χ3n) is 5.83. The zero-order valence-electron chi connectivity index (χ0n) is 19.2. The van der Waals surface area contributed by atoms with Crippen molar-refractivity contribution < 1.29 is 14.2 Å². The largest absolute Gasteiger partial charge is 0.484 e. The van der Waals surface area contributed by atoms with E-state index < -0.39 is 12.9 Å². The summed E-state index contributed by atoms with van der Waals surface area (Å²) in [5.41, 5.74) is 7.38.